The van der Waals surface area contributed by atoms with Crippen molar-refractivity contribution >= 4 is 16.7 Å². The maximum absolute atomic E-state index is 12.2. The van der Waals surface area contributed by atoms with Crippen molar-refractivity contribution in [1.29, 1.82) is 0 Å². The molecule has 1 aromatic carbocycles. The molecule has 0 spiro atoms. The second-order valence-electron chi connectivity index (χ2n) is 6.12. The molecule has 0 saturated heterocycles. The van der Waals surface area contributed by atoms with E-state index >= 15 is 0 Å². The van der Waals surface area contributed by atoms with E-state index in [4.69, 9.17) is 0 Å². The van der Waals surface area contributed by atoms with Crippen LogP contribution in [0.2, 0.25) is 0 Å². The molecule has 0 aromatic heterocycles. The molecule has 2 atom stereocenters. The molecule has 0 bridgehead atoms. The average molecular weight is 309 g/mol. The van der Waals surface area contributed by atoms with Crippen molar-refractivity contribution < 1.29 is 9.00 Å². The number of nitrogens with one attached hydrogen (secondary N) is 1. The maximum atomic E-state index is 12.2. The molecule has 0 aliphatic carbocycles. The zero-order valence-corrected chi connectivity index (χ0v) is 14.3. The van der Waals surface area contributed by atoms with Gasteiger partial charge in [-0.3, -0.25) is 9.00 Å². The third kappa shape index (κ3) is 7.42. The van der Waals surface area contributed by atoms with Crippen molar-refractivity contribution in [2.45, 2.75) is 51.8 Å². The van der Waals surface area contributed by atoms with Crippen LogP contribution in [0, 0.1) is 5.92 Å². The fourth-order valence-electron chi connectivity index (χ4n) is 2.25. The maximum Gasteiger partial charge on any atom is 0.251 e. The first-order chi connectivity index (χ1) is 9.88. The predicted molar refractivity (Wildman–Crippen MR) is 89.8 cm³/mol. The van der Waals surface area contributed by atoms with Gasteiger partial charge < -0.3 is 5.32 Å². The molecule has 1 aromatic rings. The van der Waals surface area contributed by atoms with Crippen LogP contribution >= 0.6 is 0 Å². The Hall–Kier alpha value is -1.16. The van der Waals surface area contributed by atoms with Gasteiger partial charge in [0.1, 0.15) is 0 Å². The molecule has 1 rings (SSSR count). The fourth-order valence-corrected chi connectivity index (χ4v) is 2.90. The fraction of sp³-hybridized carbons (Fsp3) is 0.588. The molecule has 0 aliphatic heterocycles. The van der Waals surface area contributed by atoms with Gasteiger partial charge in [0, 0.05) is 34.4 Å². The molecular formula is C17H27NO2S. The number of hydrogen-bond donors (Lipinski definition) is 1. The van der Waals surface area contributed by atoms with Gasteiger partial charge in [-0.05, 0) is 37.0 Å². The Kier molecular flexibility index (Phi) is 7.65. The van der Waals surface area contributed by atoms with Crippen LogP contribution in [0.15, 0.2) is 24.3 Å². The van der Waals surface area contributed by atoms with Crippen molar-refractivity contribution in [3.63, 3.8) is 0 Å². The van der Waals surface area contributed by atoms with Gasteiger partial charge in [-0.25, -0.2) is 0 Å². The van der Waals surface area contributed by atoms with Crippen LogP contribution in [0.25, 0.3) is 0 Å². The van der Waals surface area contributed by atoms with E-state index in [0.29, 0.717) is 17.2 Å². The van der Waals surface area contributed by atoms with Gasteiger partial charge in [-0.15, -0.1) is 0 Å². The SMILES string of the molecule is CC(C)CCCC(C)NC(=O)c1cccc(CS(C)=O)c1. The van der Waals surface area contributed by atoms with Crippen LogP contribution in [-0.4, -0.2) is 22.4 Å². The van der Waals surface area contributed by atoms with Gasteiger partial charge in [-0.1, -0.05) is 38.8 Å². The Morgan fingerprint density at radius 3 is 2.57 bits per heavy atom. The van der Waals surface area contributed by atoms with E-state index in [9.17, 15) is 9.00 Å². The van der Waals surface area contributed by atoms with E-state index in [0.717, 1.165) is 18.4 Å². The lowest BCUT2D eigenvalue weighted by Gasteiger charge is -2.15. The summed E-state index contributed by atoms with van der Waals surface area (Å²) in [6.07, 6.45) is 5.00. The number of carbonyl (C=O) groups is 1. The quantitative estimate of drug-likeness (QED) is 0.799. The van der Waals surface area contributed by atoms with E-state index in [1.54, 1.807) is 12.3 Å². The summed E-state index contributed by atoms with van der Waals surface area (Å²) in [5, 5.41) is 3.04. The molecule has 21 heavy (non-hydrogen) atoms. The monoisotopic (exact) mass is 309 g/mol. The van der Waals surface area contributed by atoms with E-state index in [2.05, 4.69) is 19.2 Å². The summed E-state index contributed by atoms with van der Waals surface area (Å²) in [5.41, 5.74) is 1.59. The smallest absolute Gasteiger partial charge is 0.251 e. The average Bonchev–Trinajstić information content (AvgIpc) is 2.37. The lowest BCUT2D eigenvalue weighted by atomic mass is 10.0. The summed E-state index contributed by atoms with van der Waals surface area (Å²) in [6, 6.07) is 7.57. The summed E-state index contributed by atoms with van der Waals surface area (Å²) in [6.45, 7) is 6.47. The summed E-state index contributed by atoms with van der Waals surface area (Å²) < 4.78 is 11.3. The highest BCUT2D eigenvalue weighted by molar-refractivity contribution is 7.83. The lowest BCUT2D eigenvalue weighted by Crippen LogP contribution is -2.32. The van der Waals surface area contributed by atoms with Crippen molar-refractivity contribution in [2.24, 2.45) is 5.92 Å². The Bertz CT molecular complexity index is 485. The van der Waals surface area contributed by atoms with Crippen LogP contribution in [-0.2, 0) is 16.6 Å². The first kappa shape index (κ1) is 17.9. The zero-order chi connectivity index (χ0) is 15.8. The van der Waals surface area contributed by atoms with E-state index in [-0.39, 0.29) is 11.9 Å². The van der Waals surface area contributed by atoms with Crippen molar-refractivity contribution in [1.82, 2.24) is 5.32 Å². The minimum absolute atomic E-state index is 0.0456. The van der Waals surface area contributed by atoms with Crippen LogP contribution < -0.4 is 5.32 Å². The molecule has 0 radical (unpaired) electrons. The van der Waals surface area contributed by atoms with Gasteiger partial charge in [0.15, 0.2) is 0 Å². The Balaban J connectivity index is 2.52. The summed E-state index contributed by atoms with van der Waals surface area (Å²) in [4.78, 5) is 12.2. The standard InChI is InChI=1S/C17H27NO2S/c1-13(2)7-5-8-14(3)18-17(19)16-10-6-9-15(11-16)12-21(4)20/h6,9-11,13-14H,5,7-8,12H2,1-4H3,(H,18,19). The largest absolute Gasteiger partial charge is 0.350 e. The zero-order valence-electron chi connectivity index (χ0n) is 13.5. The normalized spacial score (nSPS) is 14.0. The Morgan fingerprint density at radius 1 is 1.24 bits per heavy atom. The minimum Gasteiger partial charge on any atom is -0.350 e. The molecule has 118 valence electrons. The van der Waals surface area contributed by atoms with Gasteiger partial charge in [0.25, 0.3) is 5.91 Å². The third-order valence-corrected chi connectivity index (χ3v) is 4.10. The third-order valence-electron chi connectivity index (χ3n) is 3.36. The van der Waals surface area contributed by atoms with Crippen molar-refractivity contribution in [2.75, 3.05) is 6.26 Å². The molecule has 1 N–H and O–H groups in total. The summed E-state index contributed by atoms with van der Waals surface area (Å²) in [7, 11) is -0.889. The number of rotatable bonds is 8. The van der Waals surface area contributed by atoms with E-state index in [1.165, 1.54) is 6.42 Å². The molecule has 1 amide bonds. The second kappa shape index (κ2) is 8.98. The van der Waals surface area contributed by atoms with Crippen molar-refractivity contribution in [3.8, 4) is 0 Å². The van der Waals surface area contributed by atoms with Crippen LogP contribution in [0.1, 0.15) is 56.0 Å². The van der Waals surface area contributed by atoms with E-state index < -0.39 is 10.8 Å². The van der Waals surface area contributed by atoms with Crippen molar-refractivity contribution in [3.05, 3.63) is 35.4 Å². The van der Waals surface area contributed by atoms with E-state index in [1.807, 2.05) is 25.1 Å². The molecule has 0 heterocycles. The van der Waals surface area contributed by atoms with Crippen LogP contribution in [0.4, 0.5) is 0 Å². The number of carbonyl (C=O) groups excluding carboxylic acids is 1. The molecule has 3 nitrogen and oxygen atoms in total. The molecule has 0 aliphatic rings. The van der Waals surface area contributed by atoms with Gasteiger partial charge >= 0.3 is 0 Å². The van der Waals surface area contributed by atoms with Gasteiger partial charge in [0.2, 0.25) is 0 Å². The number of hydrogen-bond acceptors (Lipinski definition) is 2. The lowest BCUT2D eigenvalue weighted by molar-refractivity contribution is 0.0937. The highest BCUT2D eigenvalue weighted by Crippen LogP contribution is 2.10. The molecule has 0 fully saturated rings. The topological polar surface area (TPSA) is 46.2 Å². The van der Waals surface area contributed by atoms with Crippen LogP contribution in [0.3, 0.4) is 0 Å². The summed E-state index contributed by atoms with van der Waals surface area (Å²) >= 11 is 0. The molecule has 2 unspecified atom stereocenters. The molecule has 4 heteroatoms. The highest BCUT2D eigenvalue weighted by atomic mass is 32.2. The first-order valence-electron chi connectivity index (χ1n) is 7.58. The number of benzene rings is 1. The summed E-state index contributed by atoms with van der Waals surface area (Å²) in [5.74, 6) is 1.15. The van der Waals surface area contributed by atoms with Gasteiger partial charge in [-0.2, -0.15) is 0 Å². The van der Waals surface area contributed by atoms with Gasteiger partial charge in [0.05, 0.1) is 0 Å². The highest BCUT2D eigenvalue weighted by Gasteiger charge is 2.10. The Morgan fingerprint density at radius 2 is 1.95 bits per heavy atom. The number of amides is 1. The van der Waals surface area contributed by atoms with Crippen LogP contribution in [0.5, 0.6) is 0 Å². The predicted octanol–water partition coefficient (Wildman–Crippen LogP) is 3.51. The minimum atomic E-state index is -0.889. The molecular weight excluding hydrogens is 282 g/mol. The first-order valence-corrected chi connectivity index (χ1v) is 9.31. The molecule has 0 saturated carbocycles. The Labute approximate surface area is 131 Å². The second-order valence-corrected chi connectivity index (χ2v) is 7.55.